The van der Waals surface area contributed by atoms with Crippen molar-refractivity contribution < 1.29 is 14.3 Å². The van der Waals surface area contributed by atoms with E-state index < -0.39 is 17.4 Å². The first-order valence-corrected chi connectivity index (χ1v) is 6.90. The van der Waals surface area contributed by atoms with Crippen molar-refractivity contribution in [3.63, 3.8) is 0 Å². The zero-order valence-electron chi connectivity index (χ0n) is 10.7. The lowest BCUT2D eigenvalue weighted by Gasteiger charge is -2.24. The molecule has 0 radical (unpaired) electrons. The minimum atomic E-state index is -0.657. The molecular formula is C15H12ClNO3. The van der Waals surface area contributed by atoms with Crippen LogP contribution in [0.3, 0.4) is 0 Å². The van der Waals surface area contributed by atoms with E-state index in [9.17, 15) is 9.59 Å². The number of anilines is 1. The fraction of sp³-hybridized carbons (Fsp3) is 0.333. The SMILES string of the molecule is C[C@@]12C=C[C@@H](O1)[C@H]1C(=O)N(c3cccc(Cl)c3)C(=O)[C@@H]12. The van der Waals surface area contributed by atoms with Gasteiger partial charge in [-0.25, -0.2) is 4.90 Å². The number of amides is 2. The molecule has 3 aliphatic rings. The van der Waals surface area contributed by atoms with Gasteiger partial charge in [-0.15, -0.1) is 0 Å². The first-order valence-electron chi connectivity index (χ1n) is 6.52. The maximum atomic E-state index is 12.7. The van der Waals surface area contributed by atoms with E-state index in [2.05, 4.69) is 0 Å². The standard InChI is InChI=1S/C15H12ClNO3/c1-15-6-5-10(20-15)11-12(15)14(19)17(13(11)18)9-4-2-3-8(16)7-9/h2-7,10-12H,1H3/t10-,11-,12-,15+/m1/s1. The molecule has 2 fully saturated rings. The van der Waals surface area contributed by atoms with E-state index in [-0.39, 0.29) is 17.9 Å². The molecule has 0 N–H and O–H groups in total. The third kappa shape index (κ3) is 1.35. The Kier molecular flexibility index (Phi) is 2.25. The maximum Gasteiger partial charge on any atom is 0.241 e. The van der Waals surface area contributed by atoms with E-state index in [0.717, 1.165) is 0 Å². The third-order valence-corrected chi connectivity index (χ3v) is 4.63. The number of benzene rings is 1. The summed E-state index contributed by atoms with van der Waals surface area (Å²) in [5.74, 6) is -1.22. The van der Waals surface area contributed by atoms with Gasteiger partial charge in [-0.05, 0) is 25.1 Å². The molecule has 0 aromatic heterocycles. The lowest BCUT2D eigenvalue weighted by atomic mass is 9.78. The van der Waals surface area contributed by atoms with Crippen molar-refractivity contribution in [2.75, 3.05) is 4.90 Å². The van der Waals surface area contributed by atoms with Crippen LogP contribution in [0.4, 0.5) is 5.69 Å². The zero-order valence-corrected chi connectivity index (χ0v) is 11.5. The van der Waals surface area contributed by atoms with Crippen LogP contribution in [0, 0.1) is 11.8 Å². The van der Waals surface area contributed by atoms with Crippen molar-refractivity contribution >= 4 is 29.1 Å². The summed E-state index contributed by atoms with van der Waals surface area (Å²) in [5, 5.41) is 0.503. The minimum Gasteiger partial charge on any atom is -0.362 e. The Bertz CT molecular complexity index is 671. The third-order valence-electron chi connectivity index (χ3n) is 4.40. The summed E-state index contributed by atoms with van der Waals surface area (Å²) < 4.78 is 5.77. The number of imide groups is 1. The second kappa shape index (κ2) is 3.71. The Labute approximate surface area is 121 Å². The average Bonchev–Trinajstić information content (AvgIpc) is 2.99. The highest BCUT2D eigenvalue weighted by molar-refractivity contribution is 6.31. The van der Waals surface area contributed by atoms with Crippen molar-refractivity contribution in [3.05, 3.63) is 41.4 Å². The van der Waals surface area contributed by atoms with Gasteiger partial charge in [0.2, 0.25) is 11.8 Å². The molecule has 0 spiro atoms. The molecule has 3 aliphatic heterocycles. The van der Waals surface area contributed by atoms with E-state index in [1.807, 2.05) is 19.1 Å². The van der Waals surface area contributed by atoms with Gasteiger partial charge in [0.25, 0.3) is 0 Å². The van der Waals surface area contributed by atoms with Gasteiger partial charge in [-0.2, -0.15) is 0 Å². The fourth-order valence-electron chi connectivity index (χ4n) is 3.52. The summed E-state index contributed by atoms with van der Waals surface area (Å²) in [4.78, 5) is 26.5. The molecule has 1 aromatic carbocycles. The van der Waals surface area contributed by atoms with Gasteiger partial charge in [0.05, 0.1) is 29.2 Å². The molecule has 20 heavy (non-hydrogen) atoms. The lowest BCUT2D eigenvalue weighted by molar-refractivity contribution is -0.126. The highest BCUT2D eigenvalue weighted by atomic mass is 35.5. The molecule has 4 rings (SSSR count). The summed E-state index contributed by atoms with van der Waals surface area (Å²) in [6.45, 7) is 1.86. The second-order valence-corrected chi connectivity index (χ2v) is 6.06. The van der Waals surface area contributed by atoms with E-state index in [1.165, 1.54) is 4.90 Å². The monoisotopic (exact) mass is 289 g/mol. The van der Waals surface area contributed by atoms with Gasteiger partial charge in [0.15, 0.2) is 0 Å². The van der Waals surface area contributed by atoms with Crippen LogP contribution in [0.25, 0.3) is 0 Å². The molecule has 4 atom stereocenters. The Hall–Kier alpha value is -1.65. The summed E-state index contributed by atoms with van der Waals surface area (Å²) in [5.41, 5.74) is -0.125. The summed E-state index contributed by atoms with van der Waals surface area (Å²) >= 11 is 5.95. The Balaban J connectivity index is 1.79. The van der Waals surface area contributed by atoms with Crippen LogP contribution in [0.1, 0.15) is 6.92 Å². The number of halogens is 1. The van der Waals surface area contributed by atoms with Crippen molar-refractivity contribution in [2.24, 2.45) is 11.8 Å². The number of hydrogen-bond donors (Lipinski definition) is 0. The maximum absolute atomic E-state index is 12.7. The summed E-state index contributed by atoms with van der Waals surface area (Å²) in [7, 11) is 0. The van der Waals surface area contributed by atoms with Crippen molar-refractivity contribution in [1.29, 1.82) is 0 Å². The molecule has 1 aromatic rings. The van der Waals surface area contributed by atoms with Gasteiger partial charge in [-0.3, -0.25) is 9.59 Å². The van der Waals surface area contributed by atoms with Crippen molar-refractivity contribution in [3.8, 4) is 0 Å². The number of carbonyl (C=O) groups is 2. The lowest BCUT2D eigenvalue weighted by Crippen LogP contribution is -2.38. The molecule has 102 valence electrons. The largest absolute Gasteiger partial charge is 0.362 e. The Morgan fingerprint density at radius 3 is 2.80 bits per heavy atom. The first kappa shape index (κ1) is 12.1. The molecule has 2 bridgehead atoms. The number of fused-ring (bicyclic) bond motifs is 5. The van der Waals surface area contributed by atoms with Gasteiger partial charge < -0.3 is 4.74 Å². The predicted octanol–water partition coefficient (Wildman–Crippen LogP) is 2.17. The molecule has 3 heterocycles. The number of carbonyl (C=O) groups excluding carboxylic acids is 2. The number of rotatable bonds is 1. The van der Waals surface area contributed by atoms with Gasteiger partial charge in [0.1, 0.15) is 0 Å². The van der Waals surface area contributed by atoms with Gasteiger partial charge in [-0.1, -0.05) is 29.8 Å². The molecule has 5 heteroatoms. The number of nitrogens with zero attached hydrogens (tertiary/aromatic N) is 1. The summed E-state index contributed by atoms with van der Waals surface area (Å²) in [6, 6.07) is 6.81. The van der Waals surface area contributed by atoms with E-state index in [4.69, 9.17) is 16.3 Å². The van der Waals surface area contributed by atoms with E-state index in [0.29, 0.717) is 10.7 Å². The molecule has 4 nitrogen and oxygen atoms in total. The van der Waals surface area contributed by atoms with E-state index >= 15 is 0 Å². The molecule has 0 saturated carbocycles. The number of hydrogen-bond acceptors (Lipinski definition) is 3. The highest BCUT2D eigenvalue weighted by Crippen LogP contribution is 2.52. The molecular weight excluding hydrogens is 278 g/mol. The van der Waals surface area contributed by atoms with Crippen LogP contribution in [-0.4, -0.2) is 23.5 Å². The molecule has 2 saturated heterocycles. The van der Waals surface area contributed by atoms with Crippen LogP contribution in [0.15, 0.2) is 36.4 Å². The van der Waals surface area contributed by atoms with Gasteiger partial charge in [0, 0.05) is 5.02 Å². The normalized spacial score (nSPS) is 37.9. The predicted molar refractivity (Wildman–Crippen MR) is 73.3 cm³/mol. The first-order chi connectivity index (χ1) is 9.51. The summed E-state index contributed by atoms with van der Waals surface area (Å²) in [6.07, 6.45) is 3.49. The molecule has 0 aliphatic carbocycles. The second-order valence-electron chi connectivity index (χ2n) is 5.62. The zero-order chi connectivity index (χ0) is 14.1. The topological polar surface area (TPSA) is 46.6 Å². The Morgan fingerprint density at radius 2 is 2.10 bits per heavy atom. The van der Waals surface area contributed by atoms with Crippen LogP contribution >= 0.6 is 11.6 Å². The minimum absolute atomic E-state index is 0.194. The molecule has 0 unspecified atom stereocenters. The van der Waals surface area contributed by atoms with Crippen LogP contribution in [-0.2, 0) is 14.3 Å². The quantitative estimate of drug-likeness (QED) is 0.588. The Morgan fingerprint density at radius 1 is 1.30 bits per heavy atom. The smallest absolute Gasteiger partial charge is 0.241 e. The van der Waals surface area contributed by atoms with Crippen LogP contribution < -0.4 is 4.90 Å². The average molecular weight is 290 g/mol. The van der Waals surface area contributed by atoms with Crippen LogP contribution in [0.2, 0.25) is 5.02 Å². The van der Waals surface area contributed by atoms with E-state index in [1.54, 1.807) is 24.3 Å². The van der Waals surface area contributed by atoms with Crippen molar-refractivity contribution in [1.82, 2.24) is 0 Å². The van der Waals surface area contributed by atoms with Crippen LogP contribution in [0.5, 0.6) is 0 Å². The van der Waals surface area contributed by atoms with Crippen molar-refractivity contribution in [2.45, 2.75) is 18.6 Å². The highest BCUT2D eigenvalue weighted by Gasteiger charge is 2.65. The fourth-order valence-corrected chi connectivity index (χ4v) is 3.71. The van der Waals surface area contributed by atoms with Gasteiger partial charge >= 0.3 is 0 Å². The molecule has 2 amide bonds. The number of ether oxygens (including phenoxy) is 1.